The van der Waals surface area contributed by atoms with E-state index in [1.54, 1.807) is 25.3 Å². The average molecular weight is 424 g/mol. The molecule has 3 heterocycles. The molecule has 2 aliphatic heterocycles. The molecule has 1 amide bonds. The average Bonchev–Trinajstić information content (AvgIpc) is 3.17. The number of rotatable bonds is 2. The highest BCUT2D eigenvalue weighted by Crippen LogP contribution is 2.49. The summed E-state index contributed by atoms with van der Waals surface area (Å²) in [5.41, 5.74) is 3.35. The second-order valence-corrected chi connectivity index (χ2v) is 8.17. The highest BCUT2D eigenvalue weighted by atomic mass is 35.5. The molecule has 0 bridgehead atoms. The van der Waals surface area contributed by atoms with Crippen molar-refractivity contribution in [3.63, 3.8) is 0 Å². The van der Waals surface area contributed by atoms with Crippen molar-refractivity contribution in [2.24, 2.45) is 7.05 Å². The summed E-state index contributed by atoms with van der Waals surface area (Å²) in [5, 5.41) is 4.94. The molecule has 1 saturated heterocycles. The Morgan fingerprint density at radius 2 is 1.97 bits per heavy atom. The molecule has 3 aromatic rings. The summed E-state index contributed by atoms with van der Waals surface area (Å²) in [4.78, 5) is 14.9. The van der Waals surface area contributed by atoms with Gasteiger partial charge in [0.1, 0.15) is 17.1 Å². The molecule has 0 radical (unpaired) electrons. The number of nitrogens with zero attached hydrogens (tertiary/aromatic N) is 3. The van der Waals surface area contributed by atoms with Crippen molar-refractivity contribution >= 4 is 17.5 Å². The Morgan fingerprint density at radius 1 is 1.20 bits per heavy atom. The number of carbonyl (C=O) groups excluding carboxylic acids is 1. The van der Waals surface area contributed by atoms with Gasteiger partial charge >= 0.3 is 0 Å². The predicted molar refractivity (Wildman–Crippen MR) is 114 cm³/mol. The minimum absolute atomic E-state index is 0.0305. The Labute approximate surface area is 180 Å². The smallest absolute Gasteiger partial charge is 0.253 e. The topological polar surface area (TPSA) is 56.6 Å². The molecule has 0 N–H and O–H groups in total. The fourth-order valence-electron chi connectivity index (χ4n) is 4.53. The first-order valence-electron chi connectivity index (χ1n) is 9.96. The van der Waals surface area contributed by atoms with Gasteiger partial charge in [0.2, 0.25) is 0 Å². The van der Waals surface area contributed by atoms with Gasteiger partial charge < -0.3 is 14.4 Å². The zero-order valence-corrected chi connectivity index (χ0v) is 17.6. The number of hydrogen-bond acceptors (Lipinski definition) is 4. The standard InChI is InChI=1S/C23H22ClN3O3/c1-26-21-16-5-3-4-6-19(16)30-23(17(21)14-25-26)9-11-27(12-10-23)22(28)15-7-8-20(29-2)18(24)13-15/h3-8,13-14H,9-12H2,1-2H3. The van der Waals surface area contributed by atoms with Crippen molar-refractivity contribution in [2.45, 2.75) is 18.4 Å². The first-order valence-corrected chi connectivity index (χ1v) is 10.3. The van der Waals surface area contributed by atoms with E-state index in [9.17, 15) is 4.79 Å². The molecule has 5 rings (SSSR count). The monoisotopic (exact) mass is 423 g/mol. The minimum Gasteiger partial charge on any atom is -0.495 e. The molecule has 1 spiro atoms. The zero-order valence-electron chi connectivity index (χ0n) is 16.9. The van der Waals surface area contributed by atoms with Gasteiger partial charge in [0, 0.05) is 49.7 Å². The molecule has 6 nitrogen and oxygen atoms in total. The molecule has 154 valence electrons. The van der Waals surface area contributed by atoms with Crippen LogP contribution in [0.2, 0.25) is 5.02 Å². The number of hydrogen-bond donors (Lipinski definition) is 0. The number of piperidine rings is 1. The van der Waals surface area contributed by atoms with Crippen LogP contribution in [0.5, 0.6) is 11.5 Å². The summed E-state index contributed by atoms with van der Waals surface area (Å²) >= 11 is 6.21. The number of para-hydroxylation sites is 1. The van der Waals surface area contributed by atoms with Crippen molar-refractivity contribution < 1.29 is 14.3 Å². The van der Waals surface area contributed by atoms with E-state index in [1.165, 1.54) is 0 Å². The number of amides is 1. The van der Waals surface area contributed by atoms with Gasteiger partial charge in [-0.15, -0.1) is 0 Å². The molecule has 2 aromatic carbocycles. The summed E-state index contributed by atoms with van der Waals surface area (Å²) in [6.45, 7) is 1.19. The van der Waals surface area contributed by atoms with Gasteiger partial charge in [-0.25, -0.2) is 0 Å². The van der Waals surface area contributed by atoms with Crippen LogP contribution in [0.3, 0.4) is 0 Å². The third kappa shape index (κ3) is 2.86. The predicted octanol–water partition coefficient (Wildman–Crippen LogP) is 4.27. The van der Waals surface area contributed by atoms with E-state index in [1.807, 2.05) is 41.0 Å². The lowest BCUT2D eigenvalue weighted by molar-refractivity contribution is -0.00172. The van der Waals surface area contributed by atoms with Crippen molar-refractivity contribution in [3.05, 3.63) is 64.8 Å². The first-order chi connectivity index (χ1) is 14.5. The molecular weight excluding hydrogens is 402 g/mol. The third-order valence-corrected chi connectivity index (χ3v) is 6.43. The van der Waals surface area contributed by atoms with E-state index in [0.717, 1.165) is 22.6 Å². The zero-order chi connectivity index (χ0) is 20.9. The first kappa shape index (κ1) is 19.0. The van der Waals surface area contributed by atoms with Gasteiger partial charge in [-0.1, -0.05) is 23.7 Å². The molecule has 0 aliphatic carbocycles. The molecule has 2 aliphatic rings. The van der Waals surface area contributed by atoms with E-state index >= 15 is 0 Å². The van der Waals surface area contributed by atoms with Crippen LogP contribution in [-0.2, 0) is 12.6 Å². The highest BCUT2D eigenvalue weighted by Gasteiger charge is 2.45. The number of carbonyl (C=O) groups is 1. The summed E-state index contributed by atoms with van der Waals surface area (Å²) in [5.74, 6) is 1.40. The molecule has 0 unspecified atom stereocenters. The SMILES string of the molecule is COc1ccc(C(=O)N2CCC3(CC2)Oc2ccccc2-c2c3cnn2C)cc1Cl. The number of ether oxygens (including phenoxy) is 2. The van der Waals surface area contributed by atoms with Crippen LogP contribution in [0.25, 0.3) is 11.3 Å². The number of aromatic nitrogens is 2. The van der Waals surface area contributed by atoms with Crippen molar-refractivity contribution in [2.75, 3.05) is 20.2 Å². The van der Waals surface area contributed by atoms with Gasteiger partial charge in [0.25, 0.3) is 5.91 Å². The normalized spacial score (nSPS) is 16.6. The molecular formula is C23H22ClN3O3. The fourth-order valence-corrected chi connectivity index (χ4v) is 4.79. The Bertz CT molecular complexity index is 1130. The van der Waals surface area contributed by atoms with Gasteiger partial charge in [0.05, 0.1) is 24.0 Å². The Kier molecular flexibility index (Phi) is 4.47. The van der Waals surface area contributed by atoms with Crippen molar-refractivity contribution in [1.29, 1.82) is 0 Å². The number of methoxy groups -OCH3 is 1. The fraction of sp³-hybridized carbons (Fsp3) is 0.304. The minimum atomic E-state index is -0.466. The number of benzene rings is 2. The molecule has 1 fully saturated rings. The third-order valence-electron chi connectivity index (χ3n) is 6.13. The molecule has 0 atom stereocenters. The van der Waals surface area contributed by atoms with E-state index in [-0.39, 0.29) is 5.91 Å². The largest absolute Gasteiger partial charge is 0.495 e. The van der Waals surface area contributed by atoms with Crippen molar-refractivity contribution in [1.82, 2.24) is 14.7 Å². The second kappa shape index (κ2) is 7.06. The number of fused-ring (bicyclic) bond motifs is 4. The van der Waals surface area contributed by atoms with Crippen LogP contribution in [-0.4, -0.2) is 40.8 Å². The van der Waals surface area contributed by atoms with Crippen LogP contribution in [0.15, 0.2) is 48.7 Å². The van der Waals surface area contributed by atoms with E-state index in [4.69, 9.17) is 21.1 Å². The maximum atomic E-state index is 13.0. The van der Waals surface area contributed by atoms with Crippen LogP contribution in [0, 0.1) is 0 Å². The van der Waals surface area contributed by atoms with Gasteiger partial charge in [-0.3, -0.25) is 9.48 Å². The van der Waals surface area contributed by atoms with E-state index in [0.29, 0.717) is 42.3 Å². The van der Waals surface area contributed by atoms with Crippen LogP contribution >= 0.6 is 11.6 Å². The van der Waals surface area contributed by atoms with E-state index < -0.39 is 5.60 Å². The molecule has 1 aromatic heterocycles. The summed E-state index contributed by atoms with van der Waals surface area (Å²) < 4.78 is 13.6. The number of halogens is 1. The van der Waals surface area contributed by atoms with Gasteiger partial charge in [-0.2, -0.15) is 5.10 Å². The van der Waals surface area contributed by atoms with Gasteiger partial charge in [-0.05, 0) is 30.3 Å². The molecule has 7 heteroatoms. The molecule has 30 heavy (non-hydrogen) atoms. The number of likely N-dealkylation sites (tertiary alicyclic amines) is 1. The van der Waals surface area contributed by atoms with E-state index in [2.05, 4.69) is 11.2 Å². The van der Waals surface area contributed by atoms with Crippen molar-refractivity contribution in [3.8, 4) is 22.8 Å². The summed E-state index contributed by atoms with van der Waals surface area (Å²) in [7, 11) is 3.52. The Hall–Kier alpha value is -2.99. The lowest BCUT2D eigenvalue weighted by Crippen LogP contribution is -2.49. The van der Waals surface area contributed by atoms with Crippen LogP contribution in [0.4, 0.5) is 0 Å². The Balaban J connectivity index is 1.41. The molecule has 0 saturated carbocycles. The second-order valence-electron chi connectivity index (χ2n) is 7.76. The van der Waals surface area contributed by atoms with Gasteiger partial charge in [0.15, 0.2) is 0 Å². The highest BCUT2D eigenvalue weighted by molar-refractivity contribution is 6.32. The maximum absolute atomic E-state index is 13.0. The summed E-state index contributed by atoms with van der Waals surface area (Å²) in [6.07, 6.45) is 3.32. The summed E-state index contributed by atoms with van der Waals surface area (Å²) in [6, 6.07) is 13.2. The lowest BCUT2D eigenvalue weighted by Gasteiger charge is -2.44. The Morgan fingerprint density at radius 3 is 2.70 bits per heavy atom. The lowest BCUT2D eigenvalue weighted by atomic mass is 9.81. The van der Waals surface area contributed by atoms with Crippen LogP contribution in [0.1, 0.15) is 28.8 Å². The van der Waals surface area contributed by atoms with Crippen LogP contribution < -0.4 is 9.47 Å². The quantitative estimate of drug-likeness (QED) is 0.617. The maximum Gasteiger partial charge on any atom is 0.253 e. The number of aryl methyl sites for hydroxylation is 1.